The smallest absolute Gasteiger partial charge is 0.338 e. The van der Waals surface area contributed by atoms with Crippen molar-refractivity contribution in [2.75, 3.05) is 11.5 Å². The van der Waals surface area contributed by atoms with E-state index in [1.807, 2.05) is 12.2 Å². The molecule has 0 saturated carbocycles. The Morgan fingerprint density at radius 3 is 2.19 bits per heavy atom. The molecule has 0 aromatic heterocycles. The van der Waals surface area contributed by atoms with Crippen molar-refractivity contribution in [3.8, 4) is 0 Å². The third kappa shape index (κ3) is 3.92. The summed E-state index contributed by atoms with van der Waals surface area (Å²) in [6, 6.07) is 10.9. The minimum Gasteiger partial charge on any atom is -0.454 e. The number of hydrogen-bond donors (Lipinski definition) is 0. The summed E-state index contributed by atoms with van der Waals surface area (Å²) in [4.78, 5) is 61.1. The number of carbonyl (C=O) groups is 4. The Labute approximate surface area is 182 Å². The predicted molar refractivity (Wildman–Crippen MR) is 112 cm³/mol. The number of carbonyl (C=O) groups excluding carboxylic acids is 4. The van der Waals surface area contributed by atoms with Crippen LogP contribution in [0.15, 0.2) is 60.7 Å². The largest absolute Gasteiger partial charge is 0.454 e. The van der Waals surface area contributed by atoms with Gasteiger partial charge in [0.25, 0.3) is 5.69 Å². The number of nitrogens with zero attached hydrogens (tertiary/aromatic N) is 2. The SMILES string of the molecule is O=C(COC(=O)c1ccc(N2C(=O)C3CC=CCC3C2=O)cc1)c1cccc([N+](=O)[O-])c1. The van der Waals surface area contributed by atoms with Gasteiger partial charge in [-0.25, -0.2) is 4.79 Å². The molecule has 9 heteroatoms. The van der Waals surface area contributed by atoms with Crippen LogP contribution in [-0.4, -0.2) is 35.1 Å². The van der Waals surface area contributed by atoms with E-state index in [1.165, 1.54) is 42.5 Å². The van der Waals surface area contributed by atoms with Crippen LogP contribution in [0.1, 0.15) is 33.6 Å². The van der Waals surface area contributed by atoms with E-state index in [4.69, 9.17) is 4.74 Å². The van der Waals surface area contributed by atoms with Crippen molar-refractivity contribution in [2.24, 2.45) is 11.8 Å². The number of hydrogen-bond acceptors (Lipinski definition) is 7. The van der Waals surface area contributed by atoms with E-state index in [0.29, 0.717) is 18.5 Å². The molecule has 0 N–H and O–H groups in total. The summed E-state index contributed by atoms with van der Waals surface area (Å²) in [5.41, 5.74) is 0.334. The standard InChI is InChI=1S/C23H18N2O7/c26-20(15-4-3-5-17(12-15)25(30)31)13-32-23(29)14-8-10-16(11-9-14)24-21(27)18-6-1-2-7-19(18)22(24)28/h1-5,8-12,18-19H,6-7,13H2. The molecule has 32 heavy (non-hydrogen) atoms. The highest BCUT2D eigenvalue weighted by Crippen LogP contribution is 2.37. The Bertz CT molecular complexity index is 1130. The van der Waals surface area contributed by atoms with Crippen LogP contribution < -0.4 is 4.90 Å². The average molecular weight is 434 g/mol. The first-order chi connectivity index (χ1) is 15.4. The lowest BCUT2D eigenvalue weighted by Crippen LogP contribution is -2.30. The van der Waals surface area contributed by atoms with Crippen molar-refractivity contribution < 1.29 is 28.8 Å². The van der Waals surface area contributed by atoms with Gasteiger partial charge < -0.3 is 4.74 Å². The van der Waals surface area contributed by atoms with E-state index < -0.39 is 23.3 Å². The first kappa shape index (κ1) is 21.1. The van der Waals surface area contributed by atoms with Gasteiger partial charge in [0.05, 0.1) is 28.0 Å². The number of nitro benzene ring substituents is 1. The van der Waals surface area contributed by atoms with Gasteiger partial charge in [0.15, 0.2) is 6.61 Å². The normalized spacial score (nSPS) is 19.6. The number of non-ortho nitro benzene ring substituents is 1. The highest BCUT2D eigenvalue weighted by Gasteiger charge is 2.47. The number of esters is 1. The Morgan fingerprint density at radius 2 is 1.59 bits per heavy atom. The van der Waals surface area contributed by atoms with Gasteiger partial charge in [-0.15, -0.1) is 0 Å². The summed E-state index contributed by atoms with van der Waals surface area (Å²) < 4.78 is 5.02. The van der Waals surface area contributed by atoms with Crippen LogP contribution >= 0.6 is 0 Å². The van der Waals surface area contributed by atoms with Crippen LogP contribution in [0.2, 0.25) is 0 Å². The molecule has 1 saturated heterocycles. The lowest BCUT2D eigenvalue weighted by atomic mass is 9.85. The summed E-state index contributed by atoms with van der Waals surface area (Å²) in [6.07, 6.45) is 4.89. The van der Waals surface area contributed by atoms with Gasteiger partial charge in [-0.2, -0.15) is 0 Å². The minimum absolute atomic E-state index is 0.0596. The topological polar surface area (TPSA) is 124 Å². The summed E-state index contributed by atoms with van der Waals surface area (Å²) in [6.45, 7) is -0.582. The highest BCUT2D eigenvalue weighted by atomic mass is 16.6. The first-order valence-electron chi connectivity index (χ1n) is 9.94. The fourth-order valence-corrected chi connectivity index (χ4v) is 3.89. The van der Waals surface area contributed by atoms with Crippen LogP contribution in [0.5, 0.6) is 0 Å². The molecular weight excluding hydrogens is 416 g/mol. The second-order valence-corrected chi connectivity index (χ2v) is 7.52. The molecule has 1 heterocycles. The molecule has 2 amide bonds. The maximum Gasteiger partial charge on any atom is 0.338 e. The van der Waals surface area contributed by atoms with Crippen LogP contribution in [0.3, 0.4) is 0 Å². The molecule has 1 aliphatic carbocycles. The third-order valence-corrected chi connectivity index (χ3v) is 5.58. The Hall–Kier alpha value is -4.14. The molecule has 0 spiro atoms. The predicted octanol–water partition coefficient (Wildman–Crippen LogP) is 3.09. The molecule has 2 aliphatic rings. The number of ether oxygens (including phenoxy) is 1. The molecule has 2 aromatic rings. The van der Waals surface area contributed by atoms with Crippen molar-refractivity contribution in [1.82, 2.24) is 0 Å². The van der Waals surface area contributed by atoms with Crippen molar-refractivity contribution in [3.63, 3.8) is 0 Å². The number of Topliss-reactive ketones (excluding diaryl/α,β-unsaturated/α-hetero) is 1. The van der Waals surface area contributed by atoms with Gasteiger partial charge in [0.2, 0.25) is 17.6 Å². The number of rotatable bonds is 6. The summed E-state index contributed by atoms with van der Waals surface area (Å²) >= 11 is 0. The van der Waals surface area contributed by atoms with Gasteiger partial charge in [0.1, 0.15) is 0 Å². The van der Waals surface area contributed by atoms with Crippen LogP contribution in [0, 0.1) is 22.0 Å². The Morgan fingerprint density at radius 1 is 0.969 bits per heavy atom. The molecule has 1 fully saturated rings. The number of nitro groups is 1. The number of imide groups is 1. The van der Waals surface area contributed by atoms with Crippen molar-refractivity contribution in [3.05, 3.63) is 81.9 Å². The van der Waals surface area contributed by atoms with E-state index in [9.17, 15) is 29.3 Å². The van der Waals surface area contributed by atoms with Crippen molar-refractivity contribution >= 4 is 34.9 Å². The maximum atomic E-state index is 12.6. The van der Waals surface area contributed by atoms with Crippen molar-refractivity contribution in [2.45, 2.75) is 12.8 Å². The fourth-order valence-electron chi connectivity index (χ4n) is 3.89. The van der Waals surface area contributed by atoms with Gasteiger partial charge in [0, 0.05) is 17.7 Å². The van der Waals surface area contributed by atoms with E-state index in [1.54, 1.807) is 0 Å². The Balaban J connectivity index is 1.40. The maximum absolute atomic E-state index is 12.6. The summed E-state index contributed by atoms with van der Waals surface area (Å²) in [7, 11) is 0. The van der Waals surface area contributed by atoms with Gasteiger partial charge in [-0.1, -0.05) is 24.3 Å². The molecule has 0 radical (unpaired) electrons. The highest BCUT2D eigenvalue weighted by molar-refractivity contribution is 6.22. The summed E-state index contributed by atoms with van der Waals surface area (Å²) in [5, 5.41) is 10.8. The minimum atomic E-state index is -0.771. The number of ketones is 1. The summed E-state index contributed by atoms with van der Waals surface area (Å²) in [5.74, 6) is -2.55. The van der Waals surface area contributed by atoms with E-state index in [0.717, 1.165) is 11.0 Å². The molecule has 2 aromatic carbocycles. The average Bonchev–Trinajstić information content (AvgIpc) is 3.07. The molecule has 0 bridgehead atoms. The number of anilines is 1. The van der Waals surface area contributed by atoms with E-state index in [2.05, 4.69) is 0 Å². The van der Waals surface area contributed by atoms with Gasteiger partial charge in [-0.05, 0) is 37.1 Å². The molecule has 2 unspecified atom stereocenters. The quantitative estimate of drug-likeness (QED) is 0.171. The number of allylic oxidation sites excluding steroid dienone is 2. The monoisotopic (exact) mass is 434 g/mol. The third-order valence-electron chi connectivity index (χ3n) is 5.58. The zero-order valence-electron chi connectivity index (χ0n) is 16.8. The van der Waals surface area contributed by atoms with Crippen LogP contribution in [0.25, 0.3) is 0 Å². The second-order valence-electron chi connectivity index (χ2n) is 7.52. The van der Waals surface area contributed by atoms with Crippen LogP contribution in [0.4, 0.5) is 11.4 Å². The fraction of sp³-hybridized carbons (Fsp3) is 0.217. The molecule has 162 valence electrons. The van der Waals surface area contributed by atoms with Crippen molar-refractivity contribution in [1.29, 1.82) is 0 Å². The van der Waals surface area contributed by atoms with Gasteiger partial charge in [-0.3, -0.25) is 29.4 Å². The first-order valence-corrected chi connectivity index (χ1v) is 9.94. The number of amides is 2. The van der Waals surface area contributed by atoms with E-state index >= 15 is 0 Å². The lowest BCUT2D eigenvalue weighted by Gasteiger charge is -2.15. The molecule has 1 aliphatic heterocycles. The second kappa shape index (κ2) is 8.54. The molecule has 2 atom stereocenters. The Kier molecular flexibility index (Phi) is 5.63. The molecule has 4 rings (SSSR count). The zero-order valence-corrected chi connectivity index (χ0v) is 16.8. The van der Waals surface area contributed by atoms with Gasteiger partial charge >= 0.3 is 5.97 Å². The number of benzene rings is 2. The lowest BCUT2D eigenvalue weighted by molar-refractivity contribution is -0.384. The zero-order chi connectivity index (χ0) is 22.8. The number of fused-ring (bicyclic) bond motifs is 1. The molecule has 9 nitrogen and oxygen atoms in total. The van der Waals surface area contributed by atoms with Crippen LogP contribution in [-0.2, 0) is 14.3 Å². The van der Waals surface area contributed by atoms with E-state index in [-0.39, 0.29) is 40.5 Å². The molecular formula is C23H18N2O7.